The third kappa shape index (κ3) is 3.02. The van der Waals surface area contributed by atoms with Gasteiger partial charge in [-0.15, -0.1) is 11.3 Å². The van der Waals surface area contributed by atoms with Gasteiger partial charge in [0, 0.05) is 18.7 Å². The van der Waals surface area contributed by atoms with E-state index in [1.807, 2.05) is 0 Å². The van der Waals surface area contributed by atoms with Gasteiger partial charge in [0.1, 0.15) is 0 Å². The fourth-order valence-corrected chi connectivity index (χ4v) is 1.65. The third-order valence-corrected chi connectivity index (χ3v) is 2.59. The van der Waals surface area contributed by atoms with E-state index in [1.54, 1.807) is 0 Å². The number of carboxylic acid groups (broad SMARTS) is 1. The van der Waals surface area contributed by atoms with Gasteiger partial charge in [-0.1, -0.05) is 0 Å². The molecule has 0 fully saturated rings. The Balaban J connectivity index is 2.64. The molecular formula is C8H9F2NO2S. The zero-order chi connectivity index (χ0) is 10.8. The van der Waals surface area contributed by atoms with Crippen LogP contribution in [0.4, 0.5) is 8.78 Å². The monoisotopic (exact) mass is 221 g/mol. The average Bonchev–Trinajstić information content (AvgIpc) is 2.47. The molecule has 0 unspecified atom stereocenters. The van der Waals surface area contributed by atoms with E-state index in [9.17, 15) is 13.6 Å². The molecule has 1 aromatic heterocycles. The first-order valence-electron chi connectivity index (χ1n) is 3.94. The molecule has 0 saturated carbocycles. The molecule has 0 radical (unpaired) electrons. The summed E-state index contributed by atoms with van der Waals surface area (Å²) in [5.74, 6) is -3.89. The predicted molar refractivity (Wildman–Crippen MR) is 47.6 cm³/mol. The number of aliphatic carboxylic acids is 1. The number of hydrogen-bond donors (Lipinski definition) is 1. The van der Waals surface area contributed by atoms with Crippen molar-refractivity contribution in [3.63, 3.8) is 0 Å². The molecule has 0 aliphatic carbocycles. The largest absolute Gasteiger partial charge is 0.481 e. The molecule has 1 N–H and O–H groups in total. The maximum absolute atomic E-state index is 12.7. The molecule has 0 bridgehead atoms. The standard InChI is InChI=1S/C8H9F2NO2S/c1-8(9,10)7-11-5(4-14-7)2-3-6(12)13/h4H,2-3H2,1H3,(H,12,13). The Morgan fingerprint density at radius 1 is 1.71 bits per heavy atom. The van der Waals surface area contributed by atoms with Crippen molar-refractivity contribution in [2.75, 3.05) is 0 Å². The highest BCUT2D eigenvalue weighted by atomic mass is 32.1. The SMILES string of the molecule is CC(F)(F)c1nc(CCC(=O)O)cs1. The van der Waals surface area contributed by atoms with Crippen molar-refractivity contribution in [2.45, 2.75) is 25.7 Å². The smallest absolute Gasteiger partial charge is 0.303 e. The lowest BCUT2D eigenvalue weighted by Crippen LogP contribution is -2.06. The Labute approximate surface area is 83.4 Å². The molecule has 0 amide bonds. The number of aryl methyl sites for hydroxylation is 1. The molecule has 1 heterocycles. The summed E-state index contributed by atoms with van der Waals surface area (Å²) in [6, 6.07) is 0. The molecule has 78 valence electrons. The van der Waals surface area contributed by atoms with Crippen LogP contribution in [0.1, 0.15) is 24.0 Å². The Hall–Kier alpha value is -1.04. The first-order valence-corrected chi connectivity index (χ1v) is 4.82. The highest BCUT2D eigenvalue weighted by Crippen LogP contribution is 2.29. The highest BCUT2D eigenvalue weighted by Gasteiger charge is 2.28. The van der Waals surface area contributed by atoms with Gasteiger partial charge in [0.25, 0.3) is 5.92 Å². The molecule has 1 aromatic rings. The summed E-state index contributed by atoms with van der Waals surface area (Å²) in [5, 5.41) is 9.57. The van der Waals surface area contributed by atoms with E-state index < -0.39 is 11.9 Å². The number of halogens is 2. The van der Waals surface area contributed by atoms with Gasteiger partial charge in [-0.3, -0.25) is 4.79 Å². The van der Waals surface area contributed by atoms with Crippen molar-refractivity contribution in [1.29, 1.82) is 0 Å². The molecule has 0 spiro atoms. The summed E-state index contributed by atoms with van der Waals surface area (Å²) >= 11 is 0.854. The van der Waals surface area contributed by atoms with E-state index in [0.717, 1.165) is 18.3 Å². The van der Waals surface area contributed by atoms with Gasteiger partial charge < -0.3 is 5.11 Å². The van der Waals surface area contributed by atoms with Gasteiger partial charge >= 0.3 is 5.97 Å². The minimum Gasteiger partial charge on any atom is -0.481 e. The van der Waals surface area contributed by atoms with E-state index in [-0.39, 0.29) is 17.8 Å². The van der Waals surface area contributed by atoms with Crippen LogP contribution in [0.5, 0.6) is 0 Å². The van der Waals surface area contributed by atoms with Crippen molar-refractivity contribution >= 4 is 17.3 Å². The van der Waals surface area contributed by atoms with Crippen LogP contribution in [-0.4, -0.2) is 16.1 Å². The highest BCUT2D eigenvalue weighted by molar-refractivity contribution is 7.09. The van der Waals surface area contributed by atoms with Crippen LogP contribution >= 0.6 is 11.3 Å². The van der Waals surface area contributed by atoms with Crippen LogP contribution in [0, 0.1) is 0 Å². The maximum atomic E-state index is 12.7. The number of aromatic nitrogens is 1. The lowest BCUT2D eigenvalue weighted by Gasteiger charge is -2.03. The fourth-order valence-electron chi connectivity index (χ4n) is 0.858. The molecule has 0 aromatic carbocycles. The molecule has 0 aliphatic heterocycles. The van der Waals surface area contributed by atoms with Gasteiger partial charge in [0.2, 0.25) is 0 Å². The zero-order valence-corrected chi connectivity index (χ0v) is 8.27. The summed E-state index contributed by atoms with van der Waals surface area (Å²) in [7, 11) is 0. The van der Waals surface area contributed by atoms with Gasteiger partial charge in [0.05, 0.1) is 12.1 Å². The summed E-state index contributed by atoms with van der Waals surface area (Å²) < 4.78 is 25.4. The Bertz CT molecular complexity index is 332. The van der Waals surface area contributed by atoms with Crippen molar-refractivity contribution in [3.05, 3.63) is 16.1 Å². The van der Waals surface area contributed by atoms with Crippen molar-refractivity contribution in [3.8, 4) is 0 Å². The third-order valence-electron chi connectivity index (χ3n) is 1.52. The number of carbonyl (C=O) groups is 1. The van der Waals surface area contributed by atoms with Crippen LogP contribution in [-0.2, 0) is 17.1 Å². The van der Waals surface area contributed by atoms with Crippen molar-refractivity contribution in [1.82, 2.24) is 4.98 Å². The van der Waals surface area contributed by atoms with Gasteiger partial charge in [-0.2, -0.15) is 8.78 Å². The van der Waals surface area contributed by atoms with Gasteiger partial charge in [0.15, 0.2) is 5.01 Å². The molecule has 6 heteroatoms. The number of nitrogens with zero attached hydrogens (tertiary/aromatic N) is 1. The topological polar surface area (TPSA) is 50.2 Å². The number of hydrogen-bond acceptors (Lipinski definition) is 3. The van der Waals surface area contributed by atoms with Crippen molar-refractivity contribution < 1.29 is 18.7 Å². The normalized spacial score (nSPS) is 11.6. The molecule has 3 nitrogen and oxygen atoms in total. The second-order valence-electron chi connectivity index (χ2n) is 2.93. The van der Waals surface area contributed by atoms with E-state index in [0.29, 0.717) is 5.69 Å². The molecular weight excluding hydrogens is 212 g/mol. The molecule has 0 saturated heterocycles. The summed E-state index contributed by atoms with van der Waals surface area (Å²) in [4.78, 5) is 13.9. The number of thiazole rings is 1. The predicted octanol–water partition coefficient (Wildman–Crippen LogP) is 2.27. The first-order chi connectivity index (χ1) is 6.39. The maximum Gasteiger partial charge on any atom is 0.303 e. The lowest BCUT2D eigenvalue weighted by molar-refractivity contribution is -0.136. The number of alkyl halides is 2. The molecule has 1 rings (SSSR count). The fraction of sp³-hybridized carbons (Fsp3) is 0.500. The Morgan fingerprint density at radius 2 is 2.36 bits per heavy atom. The van der Waals surface area contributed by atoms with E-state index >= 15 is 0 Å². The molecule has 14 heavy (non-hydrogen) atoms. The first kappa shape index (κ1) is 11.0. The second-order valence-corrected chi connectivity index (χ2v) is 3.78. The Kier molecular flexibility index (Phi) is 3.15. The average molecular weight is 221 g/mol. The van der Waals surface area contributed by atoms with Crippen LogP contribution in [0.3, 0.4) is 0 Å². The quantitative estimate of drug-likeness (QED) is 0.848. The summed E-state index contributed by atoms with van der Waals surface area (Å²) in [6.45, 7) is 0.771. The van der Waals surface area contributed by atoms with Crippen LogP contribution in [0.25, 0.3) is 0 Å². The van der Waals surface area contributed by atoms with Gasteiger partial charge in [-0.05, 0) is 0 Å². The van der Waals surface area contributed by atoms with Crippen molar-refractivity contribution in [2.24, 2.45) is 0 Å². The van der Waals surface area contributed by atoms with Crippen LogP contribution in [0.2, 0.25) is 0 Å². The summed E-state index contributed by atoms with van der Waals surface area (Å²) in [5.41, 5.74) is 0.411. The minimum absolute atomic E-state index is 0.0849. The number of rotatable bonds is 4. The van der Waals surface area contributed by atoms with E-state index in [2.05, 4.69) is 4.98 Å². The van der Waals surface area contributed by atoms with E-state index in [4.69, 9.17) is 5.11 Å². The Morgan fingerprint density at radius 3 is 2.79 bits per heavy atom. The van der Waals surface area contributed by atoms with Gasteiger partial charge in [-0.25, -0.2) is 4.98 Å². The molecule has 0 atom stereocenters. The van der Waals surface area contributed by atoms with E-state index in [1.165, 1.54) is 5.38 Å². The minimum atomic E-state index is -2.94. The zero-order valence-electron chi connectivity index (χ0n) is 7.46. The van der Waals surface area contributed by atoms with Crippen LogP contribution < -0.4 is 0 Å². The number of carboxylic acids is 1. The summed E-state index contributed by atoms with van der Waals surface area (Å²) in [6.07, 6.45) is 0.111. The second kappa shape index (κ2) is 4.00. The lowest BCUT2D eigenvalue weighted by atomic mass is 10.2. The molecule has 0 aliphatic rings. The van der Waals surface area contributed by atoms with Crippen LogP contribution in [0.15, 0.2) is 5.38 Å².